The molecule has 18 heavy (non-hydrogen) atoms. The molecular formula is C14H19NO3. The molecular weight excluding hydrogens is 230 g/mol. The van der Waals surface area contributed by atoms with Crippen LogP contribution < -0.4 is 4.74 Å². The molecule has 2 heterocycles. The van der Waals surface area contributed by atoms with Gasteiger partial charge in [-0.1, -0.05) is 19.3 Å². The monoisotopic (exact) mass is 249 g/mol. The number of nitrogens with zero attached hydrogens (tertiary/aromatic N) is 1. The number of ether oxygens (including phenoxy) is 2. The van der Waals surface area contributed by atoms with E-state index in [0.717, 1.165) is 34.9 Å². The first-order valence-corrected chi connectivity index (χ1v) is 6.64. The number of aliphatic hydroxyl groups is 1. The van der Waals surface area contributed by atoms with Crippen LogP contribution in [0.5, 0.6) is 5.75 Å². The Morgan fingerprint density at radius 2 is 2.28 bits per heavy atom. The second kappa shape index (κ2) is 4.86. The number of hydrogen-bond donors (Lipinski definition) is 1. The van der Waals surface area contributed by atoms with E-state index in [2.05, 4.69) is 4.98 Å². The normalized spacial score (nSPS) is 23.1. The molecule has 1 aliphatic heterocycles. The SMILES string of the molecule is Cc1ncc(CO)c2c1OC(CC1CCC1)OC2. The van der Waals surface area contributed by atoms with E-state index in [1.54, 1.807) is 6.20 Å². The van der Waals surface area contributed by atoms with Crippen molar-refractivity contribution in [3.8, 4) is 5.75 Å². The predicted octanol–water partition coefficient (Wildman–Crippen LogP) is 2.31. The van der Waals surface area contributed by atoms with Gasteiger partial charge in [-0.3, -0.25) is 4.98 Å². The van der Waals surface area contributed by atoms with Crippen LogP contribution in [0.3, 0.4) is 0 Å². The van der Waals surface area contributed by atoms with Gasteiger partial charge in [0, 0.05) is 23.7 Å². The topological polar surface area (TPSA) is 51.6 Å². The molecule has 2 aliphatic rings. The third kappa shape index (κ3) is 2.10. The average Bonchev–Trinajstić information content (AvgIpc) is 2.35. The van der Waals surface area contributed by atoms with E-state index in [1.165, 1.54) is 19.3 Å². The molecule has 1 N–H and O–H groups in total. The lowest BCUT2D eigenvalue weighted by molar-refractivity contribution is -0.124. The first kappa shape index (κ1) is 11.9. The first-order chi connectivity index (χ1) is 8.78. The quantitative estimate of drug-likeness (QED) is 0.893. The fraction of sp³-hybridized carbons (Fsp3) is 0.643. The van der Waals surface area contributed by atoms with Crippen molar-refractivity contribution in [3.05, 3.63) is 23.0 Å². The van der Waals surface area contributed by atoms with Crippen LogP contribution in [0, 0.1) is 12.8 Å². The summed E-state index contributed by atoms with van der Waals surface area (Å²) in [5.74, 6) is 1.57. The molecule has 1 aromatic heterocycles. The van der Waals surface area contributed by atoms with Crippen LogP contribution in [0.2, 0.25) is 0 Å². The van der Waals surface area contributed by atoms with E-state index < -0.39 is 0 Å². The summed E-state index contributed by atoms with van der Waals surface area (Å²) in [6.45, 7) is 2.44. The lowest BCUT2D eigenvalue weighted by Gasteiger charge is -2.33. The van der Waals surface area contributed by atoms with Crippen LogP contribution >= 0.6 is 0 Å². The summed E-state index contributed by atoms with van der Waals surface area (Å²) < 4.78 is 11.7. The van der Waals surface area contributed by atoms with Crippen LogP contribution in [0.25, 0.3) is 0 Å². The summed E-state index contributed by atoms with van der Waals surface area (Å²) in [4.78, 5) is 4.27. The van der Waals surface area contributed by atoms with Crippen molar-refractivity contribution in [1.82, 2.24) is 4.98 Å². The van der Waals surface area contributed by atoms with Gasteiger partial charge in [-0.2, -0.15) is 0 Å². The Kier molecular flexibility index (Phi) is 3.22. The number of fused-ring (bicyclic) bond motifs is 1. The molecule has 1 atom stereocenters. The summed E-state index contributed by atoms with van der Waals surface area (Å²) in [5.41, 5.74) is 2.64. The van der Waals surface area contributed by atoms with Crippen LogP contribution in [0.4, 0.5) is 0 Å². The van der Waals surface area contributed by atoms with Crippen molar-refractivity contribution >= 4 is 0 Å². The molecule has 1 fully saturated rings. The molecule has 0 amide bonds. The van der Waals surface area contributed by atoms with Gasteiger partial charge in [0.05, 0.1) is 18.9 Å². The Morgan fingerprint density at radius 1 is 1.44 bits per heavy atom. The summed E-state index contributed by atoms with van der Waals surface area (Å²) in [6.07, 6.45) is 6.46. The van der Waals surface area contributed by atoms with Crippen LogP contribution in [0.1, 0.15) is 42.5 Å². The minimum Gasteiger partial charge on any atom is -0.463 e. The summed E-state index contributed by atoms with van der Waals surface area (Å²) in [7, 11) is 0. The lowest BCUT2D eigenvalue weighted by atomic mass is 9.83. The van der Waals surface area contributed by atoms with Crippen LogP contribution in [0.15, 0.2) is 6.20 Å². The molecule has 4 heteroatoms. The lowest BCUT2D eigenvalue weighted by Crippen LogP contribution is -2.31. The van der Waals surface area contributed by atoms with Crippen molar-refractivity contribution in [2.45, 2.75) is 52.1 Å². The Balaban J connectivity index is 1.78. The van der Waals surface area contributed by atoms with Gasteiger partial charge in [-0.25, -0.2) is 0 Å². The van der Waals surface area contributed by atoms with E-state index in [4.69, 9.17) is 9.47 Å². The highest BCUT2D eigenvalue weighted by Gasteiger charge is 2.29. The molecule has 1 unspecified atom stereocenters. The Labute approximate surface area is 107 Å². The second-order valence-electron chi connectivity index (χ2n) is 5.23. The highest BCUT2D eigenvalue weighted by molar-refractivity contribution is 5.42. The number of rotatable bonds is 3. The Morgan fingerprint density at radius 3 is 2.94 bits per heavy atom. The molecule has 1 aromatic rings. The van der Waals surface area contributed by atoms with Crippen molar-refractivity contribution in [2.75, 3.05) is 0 Å². The number of pyridine rings is 1. The second-order valence-corrected chi connectivity index (χ2v) is 5.23. The molecule has 4 nitrogen and oxygen atoms in total. The minimum absolute atomic E-state index is 0.0182. The zero-order valence-corrected chi connectivity index (χ0v) is 10.7. The summed E-state index contributed by atoms with van der Waals surface area (Å²) in [5, 5.41) is 9.29. The van der Waals surface area contributed by atoms with Gasteiger partial charge in [-0.05, 0) is 12.8 Å². The zero-order valence-electron chi connectivity index (χ0n) is 10.7. The van der Waals surface area contributed by atoms with E-state index in [9.17, 15) is 5.11 Å². The third-order valence-corrected chi connectivity index (χ3v) is 3.99. The smallest absolute Gasteiger partial charge is 0.200 e. The molecule has 1 aliphatic carbocycles. The van der Waals surface area contributed by atoms with Gasteiger partial charge in [0.25, 0.3) is 0 Å². The van der Waals surface area contributed by atoms with Crippen LogP contribution in [-0.4, -0.2) is 16.4 Å². The number of hydrogen-bond acceptors (Lipinski definition) is 4. The van der Waals surface area contributed by atoms with Crippen molar-refractivity contribution < 1.29 is 14.6 Å². The van der Waals surface area contributed by atoms with E-state index >= 15 is 0 Å². The van der Waals surface area contributed by atoms with E-state index in [0.29, 0.717) is 6.61 Å². The summed E-state index contributed by atoms with van der Waals surface area (Å²) >= 11 is 0. The predicted molar refractivity (Wildman–Crippen MR) is 66.1 cm³/mol. The molecule has 98 valence electrons. The van der Waals surface area contributed by atoms with Gasteiger partial charge in [0.2, 0.25) is 6.29 Å². The van der Waals surface area contributed by atoms with Gasteiger partial charge in [0.1, 0.15) is 5.75 Å². The maximum absolute atomic E-state index is 9.29. The van der Waals surface area contributed by atoms with Crippen molar-refractivity contribution in [2.24, 2.45) is 5.92 Å². The minimum atomic E-state index is -0.141. The number of aryl methyl sites for hydroxylation is 1. The van der Waals surface area contributed by atoms with Gasteiger partial charge in [-0.15, -0.1) is 0 Å². The van der Waals surface area contributed by atoms with Gasteiger partial charge < -0.3 is 14.6 Å². The Bertz CT molecular complexity index is 443. The van der Waals surface area contributed by atoms with Crippen molar-refractivity contribution in [3.63, 3.8) is 0 Å². The van der Waals surface area contributed by atoms with Crippen LogP contribution in [-0.2, 0) is 18.0 Å². The fourth-order valence-corrected chi connectivity index (χ4v) is 2.58. The maximum atomic E-state index is 9.29. The molecule has 0 aromatic carbocycles. The molecule has 3 rings (SSSR count). The largest absolute Gasteiger partial charge is 0.463 e. The van der Waals surface area contributed by atoms with E-state index in [-0.39, 0.29) is 12.9 Å². The van der Waals surface area contributed by atoms with Gasteiger partial charge in [0.15, 0.2) is 0 Å². The maximum Gasteiger partial charge on any atom is 0.200 e. The Hall–Kier alpha value is -1.13. The molecule has 0 bridgehead atoms. The average molecular weight is 249 g/mol. The first-order valence-electron chi connectivity index (χ1n) is 6.64. The standard InChI is InChI=1S/C14H19NO3/c1-9-14-12(11(7-16)6-15-9)8-17-13(18-14)5-10-3-2-4-10/h6,10,13,16H,2-5,7-8H2,1H3. The molecule has 0 saturated heterocycles. The highest BCUT2D eigenvalue weighted by atomic mass is 16.7. The van der Waals surface area contributed by atoms with Crippen molar-refractivity contribution in [1.29, 1.82) is 0 Å². The molecule has 0 spiro atoms. The third-order valence-electron chi connectivity index (χ3n) is 3.99. The molecule has 0 radical (unpaired) electrons. The molecule has 1 saturated carbocycles. The number of aromatic nitrogens is 1. The summed E-state index contributed by atoms with van der Waals surface area (Å²) in [6, 6.07) is 0. The number of aliphatic hydroxyl groups excluding tert-OH is 1. The van der Waals surface area contributed by atoms with Gasteiger partial charge >= 0.3 is 0 Å². The van der Waals surface area contributed by atoms with E-state index in [1.807, 2.05) is 6.92 Å². The highest BCUT2D eigenvalue weighted by Crippen LogP contribution is 2.36. The fourth-order valence-electron chi connectivity index (χ4n) is 2.58. The zero-order chi connectivity index (χ0) is 12.5.